The normalized spacial score (nSPS) is 21.4. The summed E-state index contributed by atoms with van der Waals surface area (Å²) in [6.45, 7) is 5.63. The third-order valence-electron chi connectivity index (χ3n) is 3.60. The van der Waals surface area contributed by atoms with Gasteiger partial charge in [0.1, 0.15) is 5.82 Å². The Morgan fingerprint density at radius 3 is 3.12 bits per heavy atom. The van der Waals surface area contributed by atoms with Crippen LogP contribution in [0.15, 0.2) is 24.5 Å². The predicted molar refractivity (Wildman–Crippen MR) is 69.7 cm³/mol. The van der Waals surface area contributed by atoms with E-state index in [0.717, 1.165) is 29.5 Å². The molecule has 3 heterocycles. The summed E-state index contributed by atoms with van der Waals surface area (Å²) >= 11 is 6.05. The lowest BCUT2D eigenvalue weighted by molar-refractivity contribution is 0.352. The summed E-state index contributed by atoms with van der Waals surface area (Å²) in [5.74, 6) is 1.69. The van der Waals surface area contributed by atoms with E-state index < -0.39 is 0 Å². The maximum absolute atomic E-state index is 6.05. The standard InChI is InChI=1S/C13H16ClN3/c1-2-16-6-5-10(8-16)13-15-7-12-4-3-11(14)9-17(12)13/h3-4,7,9-10H,2,5-6,8H2,1H3. The second-order valence-corrected chi connectivity index (χ2v) is 5.07. The van der Waals surface area contributed by atoms with Crippen LogP contribution in [0, 0.1) is 0 Å². The van der Waals surface area contributed by atoms with Crippen LogP contribution in [0.25, 0.3) is 5.52 Å². The van der Waals surface area contributed by atoms with Crippen LogP contribution in [0.1, 0.15) is 25.1 Å². The fourth-order valence-corrected chi connectivity index (χ4v) is 2.78. The molecule has 17 heavy (non-hydrogen) atoms. The van der Waals surface area contributed by atoms with Crippen LogP contribution < -0.4 is 0 Å². The highest BCUT2D eigenvalue weighted by Gasteiger charge is 2.25. The first-order valence-corrected chi connectivity index (χ1v) is 6.50. The minimum absolute atomic E-state index is 0.538. The summed E-state index contributed by atoms with van der Waals surface area (Å²) in [5.41, 5.74) is 1.12. The van der Waals surface area contributed by atoms with Crippen molar-refractivity contribution in [1.29, 1.82) is 0 Å². The van der Waals surface area contributed by atoms with Crippen LogP contribution in [0.5, 0.6) is 0 Å². The summed E-state index contributed by atoms with van der Waals surface area (Å²) < 4.78 is 2.13. The predicted octanol–water partition coefficient (Wildman–Crippen LogP) is 2.80. The van der Waals surface area contributed by atoms with Crippen molar-refractivity contribution in [2.45, 2.75) is 19.3 Å². The first-order valence-electron chi connectivity index (χ1n) is 6.13. The molecule has 4 heteroatoms. The number of halogens is 1. The van der Waals surface area contributed by atoms with Crippen molar-refractivity contribution >= 4 is 17.1 Å². The van der Waals surface area contributed by atoms with Gasteiger partial charge in [-0.05, 0) is 31.6 Å². The number of likely N-dealkylation sites (tertiary alicyclic amines) is 1. The van der Waals surface area contributed by atoms with E-state index in [1.165, 1.54) is 13.0 Å². The molecule has 0 radical (unpaired) electrons. The number of nitrogens with zero attached hydrogens (tertiary/aromatic N) is 3. The number of hydrogen-bond donors (Lipinski definition) is 0. The van der Waals surface area contributed by atoms with E-state index in [1.54, 1.807) is 0 Å². The third kappa shape index (κ3) is 1.94. The van der Waals surface area contributed by atoms with Crippen LogP contribution in [0.2, 0.25) is 5.02 Å². The van der Waals surface area contributed by atoms with Crippen molar-refractivity contribution in [3.63, 3.8) is 0 Å². The molecule has 0 aliphatic carbocycles. The van der Waals surface area contributed by atoms with Gasteiger partial charge in [0.2, 0.25) is 0 Å². The number of imidazole rings is 1. The molecule has 0 N–H and O–H groups in total. The van der Waals surface area contributed by atoms with Gasteiger partial charge in [-0.15, -0.1) is 0 Å². The molecule has 1 atom stereocenters. The van der Waals surface area contributed by atoms with Gasteiger partial charge in [0.05, 0.1) is 16.7 Å². The third-order valence-corrected chi connectivity index (χ3v) is 3.83. The zero-order chi connectivity index (χ0) is 11.8. The molecule has 0 bridgehead atoms. The Morgan fingerprint density at radius 2 is 2.35 bits per heavy atom. The number of aromatic nitrogens is 2. The summed E-state index contributed by atoms with van der Waals surface area (Å²) in [7, 11) is 0. The van der Waals surface area contributed by atoms with Gasteiger partial charge < -0.3 is 9.30 Å². The SMILES string of the molecule is CCN1CCC(c2ncc3ccc(Cl)cn23)C1. The van der Waals surface area contributed by atoms with Crippen LogP contribution >= 0.6 is 11.6 Å². The number of rotatable bonds is 2. The Morgan fingerprint density at radius 1 is 1.47 bits per heavy atom. The Labute approximate surface area is 106 Å². The van der Waals surface area contributed by atoms with Crippen molar-refractivity contribution in [2.24, 2.45) is 0 Å². The highest BCUT2D eigenvalue weighted by Crippen LogP contribution is 2.27. The molecule has 3 rings (SSSR count). The quantitative estimate of drug-likeness (QED) is 0.816. The first-order chi connectivity index (χ1) is 8.28. The lowest BCUT2D eigenvalue weighted by atomic mass is 10.1. The molecule has 0 spiro atoms. The Bertz CT molecular complexity index is 534. The lowest BCUT2D eigenvalue weighted by Crippen LogP contribution is -2.19. The summed E-state index contributed by atoms with van der Waals surface area (Å²) in [4.78, 5) is 7.03. The van der Waals surface area contributed by atoms with E-state index in [4.69, 9.17) is 11.6 Å². The minimum Gasteiger partial charge on any atom is -0.303 e. The molecular weight excluding hydrogens is 234 g/mol. The molecular formula is C13H16ClN3. The largest absolute Gasteiger partial charge is 0.303 e. The highest BCUT2D eigenvalue weighted by molar-refractivity contribution is 6.30. The first kappa shape index (κ1) is 11.1. The van der Waals surface area contributed by atoms with Gasteiger partial charge in [-0.2, -0.15) is 0 Å². The second-order valence-electron chi connectivity index (χ2n) is 4.64. The zero-order valence-corrected chi connectivity index (χ0v) is 10.7. The van der Waals surface area contributed by atoms with E-state index in [9.17, 15) is 0 Å². The zero-order valence-electron chi connectivity index (χ0n) is 9.93. The van der Waals surface area contributed by atoms with Gasteiger partial charge in [-0.3, -0.25) is 0 Å². The summed E-state index contributed by atoms with van der Waals surface area (Å²) in [6.07, 6.45) is 5.09. The average molecular weight is 250 g/mol. The molecule has 1 unspecified atom stereocenters. The van der Waals surface area contributed by atoms with Crippen molar-refractivity contribution in [3.05, 3.63) is 35.4 Å². The molecule has 0 aromatic carbocycles. The number of fused-ring (bicyclic) bond motifs is 1. The lowest BCUT2D eigenvalue weighted by Gasteiger charge is -2.12. The molecule has 1 fully saturated rings. The van der Waals surface area contributed by atoms with E-state index in [-0.39, 0.29) is 0 Å². The molecule has 90 valence electrons. The molecule has 1 saturated heterocycles. The maximum Gasteiger partial charge on any atom is 0.117 e. The van der Waals surface area contributed by atoms with Gasteiger partial charge in [0.25, 0.3) is 0 Å². The van der Waals surface area contributed by atoms with Crippen LogP contribution in [-0.4, -0.2) is 33.9 Å². The average Bonchev–Trinajstić information content (AvgIpc) is 2.93. The van der Waals surface area contributed by atoms with Crippen LogP contribution in [0.3, 0.4) is 0 Å². The van der Waals surface area contributed by atoms with E-state index in [2.05, 4.69) is 21.2 Å². The second kappa shape index (κ2) is 4.31. The van der Waals surface area contributed by atoms with Crippen LogP contribution in [-0.2, 0) is 0 Å². The Kier molecular flexibility index (Phi) is 2.81. The summed E-state index contributed by atoms with van der Waals surface area (Å²) in [6, 6.07) is 3.93. The topological polar surface area (TPSA) is 20.5 Å². The molecule has 1 aliphatic rings. The van der Waals surface area contributed by atoms with Crippen molar-refractivity contribution in [2.75, 3.05) is 19.6 Å². The summed E-state index contributed by atoms with van der Waals surface area (Å²) in [5, 5.41) is 0.766. The fourth-order valence-electron chi connectivity index (χ4n) is 2.62. The molecule has 3 nitrogen and oxygen atoms in total. The maximum atomic E-state index is 6.05. The number of pyridine rings is 1. The van der Waals surface area contributed by atoms with E-state index in [0.29, 0.717) is 5.92 Å². The fraction of sp³-hybridized carbons (Fsp3) is 0.462. The number of likely N-dealkylation sites (N-methyl/N-ethyl adjacent to an activating group) is 1. The molecule has 2 aromatic heterocycles. The van der Waals surface area contributed by atoms with Gasteiger partial charge in [-0.25, -0.2) is 4.98 Å². The smallest absolute Gasteiger partial charge is 0.117 e. The van der Waals surface area contributed by atoms with Gasteiger partial charge in [-0.1, -0.05) is 18.5 Å². The molecule has 0 saturated carbocycles. The van der Waals surface area contributed by atoms with Gasteiger partial charge in [0.15, 0.2) is 0 Å². The van der Waals surface area contributed by atoms with E-state index in [1.807, 2.05) is 24.5 Å². The highest BCUT2D eigenvalue weighted by atomic mass is 35.5. The van der Waals surface area contributed by atoms with Crippen molar-refractivity contribution in [3.8, 4) is 0 Å². The molecule has 2 aromatic rings. The number of hydrogen-bond acceptors (Lipinski definition) is 2. The van der Waals surface area contributed by atoms with Gasteiger partial charge in [0, 0.05) is 18.7 Å². The minimum atomic E-state index is 0.538. The van der Waals surface area contributed by atoms with E-state index >= 15 is 0 Å². The van der Waals surface area contributed by atoms with Crippen molar-refractivity contribution < 1.29 is 0 Å². The molecule has 1 aliphatic heterocycles. The monoisotopic (exact) mass is 249 g/mol. The Hall–Kier alpha value is -1.06. The Balaban J connectivity index is 1.98. The van der Waals surface area contributed by atoms with Crippen molar-refractivity contribution in [1.82, 2.24) is 14.3 Å². The van der Waals surface area contributed by atoms with Crippen LogP contribution in [0.4, 0.5) is 0 Å². The van der Waals surface area contributed by atoms with Gasteiger partial charge >= 0.3 is 0 Å². The molecule has 0 amide bonds.